The Bertz CT molecular complexity index is 6010. The van der Waals surface area contributed by atoms with Gasteiger partial charge in [-0.1, -0.05) is 85.7 Å². The normalized spacial score (nSPS) is 14.4. The van der Waals surface area contributed by atoms with Crippen molar-refractivity contribution in [2.24, 2.45) is 12.0 Å². The molecule has 21 heteroatoms. The SMILES string of the molecule is C1=CC2=Nc3c(c4nc[n-]c4c4ncccc34)C2C=C1.CN1C=CN(c2[c-]cccc2)[CH-]1.CN1C=CN(c2[c-]cccc2)[CH-]1.CN1C=CN(c2[c-]cccc2)[CH-]1.Cn1c2ccccc2c2cc3c(cc21)c1cccnc1c1[n-]cnc31.[Ir+3].[Ir+3].[Ir+3].c1ccc2c(c1)cn1c3cccnc3c3[n-]cnc3c21. The molecular weight excluding hydrogens is 1830 g/mol. The first-order valence-electron chi connectivity index (χ1n) is 32.9. The molecule has 4 aliphatic heterocycles. The number of aromatic nitrogens is 11. The average molecular weight is 1890 g/mol. The van der Waals surface area contributed by atoms with E-state index in [0.717, 1.165) is 111 Å². The van der Waals surface area contributed by atoms with Gasteiger partial charge in [0.05, 0.1) is 39.0 Å². The summed E-state index contributed by atoms with van der Waals surface area (Å²) in [5.74, 6) is 0.193. The van der Waals surface area contributed by atoms with Crippen LogP contribution in [0.1, 0.15) is 11.5 Å². The van der Waals surface area contributed by atoms with Gasteiger partial charge in [0.1, 0.15) is 0 Å². The maximum atomic E-state index is 4.80. The molecule has 510 valence electrons. The average Bonchev–Trinajstić information content (AvgIpc) is 1.56. The zero-order valence-electron chi connectivity index (χ0n) is 56.3. The summed E-state index contributed by atoms with van der Waals surface area (Å²) in [6.45, 7) is 6.02. The number of rotatable bonds is 3. The van der Waals surface area contributed by atoms with Gasteiger partial charge in [0.2, 0.25) is 0 Å². The zero-order valence-corrected chi connectivity index (χ0v) is 63.5. The van der Waals surface area contributed by atoms with Crippen LogP contribution in [0, 0.1) is 38.2 Å². The Morgan fingerprint density at radius 3 is 1.49 bits per heavy atom. The van der Waals surface area contributed by atoms with Crippen LogP contribution in [-0.2, 0) is 67.4 Å². The number of hydrogen-bond acceptors (Lipinski definition) is 13. The Labute approximate surface area is 639 Å². The summed E-state index contributed by atoms with van der Waals surface area (Å²) in [5.41, 5.74) is 19.1. The first-order chi connectivity index (χ1) is 49.8. The van der Waals surface area contributed by atoms with Crippen molar-refractivity contribution in [2.75, 3.05) is 35.8 Å². The van der Waals surface area contributed by atoms with E-state index in [-0.39, 0.29) is 66.2 Å². The smallest absolute Gasteiger partial charge is 0.510 e. The molecule has 1 atom stereocenters. The molecule has 104 heavy (non-hydrogen) atoms. The molecule has 5 aliphatic rings. The Hall–Kier alpha value is -11.4. The third-order valence-electron chi connectivity index (χ3n) is 18.2. The molecule has 13 heterocycles. The van der Waals surface area contributed by atoms with Gasteiger partial charge in [-0.25, -0.2) is 0 Å². The molecule has 0 N–H and O–H groups in total. The van der Waals surface area contributed by atoms with Gasteiger partial charge in [-0.15, -0.1) is 17.1 Å². The van der Waals surface area contributed by atoms with E-state index >= 15 is 0 Å². The van der Waals surface area contributed by atoms with Crippen molar-refractivity contribution in [2.45, 2.75) is 5.92 Å². The number of hydrogen-bond donors (Lipinski definition) is 0. The number of para-hydroxylation sites is 4. The summed E-state index contributed by atoms with van der Waals surface area (Å²) in [4.78, 5) is 57.1. The molecule has 0 bridgehead atoms. The van der Waals surface area contributed by atoms with E-state index in [1.807, 2.05) is 211 Å². The summed E-state index contributed by atoms with van der Waals surface area (Å²) < 4.78 is 4.43. The molecule has 1 unspecified atom stereocenters. The molecule has 0 saturated carbocycles. The predicted molar refractivity (Wildman–Crippen MR) is 406 cm³/mol. The van der Waals surface area contributed by atoms with Gasteiger partial charge in [-0.05, 0) is 162 Å². The largest absolute Gasteiger partial charge is 3.00 e. The van der Waals surface area contributed by atoms with E-state index in [1.54, 1.807) is 31.4 Å². The minimum Gasteiger partial charge on any atom is -0.510 e. The molecule has 22 rings (SSSR count). The Kier molecular flexibility index (Phi) is 20.3. The molecule has 8 aromatic carbocycles. The van der Waals surface area contributed by atoms with Crippen LogP contribution < -0.4 is 29.7 Å². The number of nitrogens with zero attached hydrogens (tertiary/aromatic N) is 18. The Morgan fingerprint density at radius 2 is 0.894 bits per heavy atom. The molecule has 0 saturated heterocycles. The van der Waals surface area contributed by atoms with Gasteiger partial charge in [0.15, 0.2) is 0 Å². The number of allylic oxidation sites excluding steroid dienone is 4. The summed E-state index contributed by atoms with van der Waals surface area (Å²) in [5, 5.41) is 9.40. The first kappa shape index (κ1) is 69.7. The van der Waals surface area contributed by atoms with Crippen molar-refractivity contribution in [3.05, 3.63) is 319 Å². The van der Waals surface area contributed by atoms with Crippen molar-refractivity contribution >= 4 is 143 Å². The second kappa shape index (κ2) is 30.3. The van der Waals surface area contributed by atoms with Gasteiger partial charge < -0.3 is 68.3 Å². The van der Waals surface area contributed by atoms with Gasteiger partial charge in [0.25, 0.3) is 0 Å². The van der Waals surface area contributed by atoms with Crippen LogP contribution in [0.25, 0.3) is 115 Å². The van der Waals surface area contributed by atoms with Crippen molar-refractivity contribution in [3.8, 4) is 0 Å². The van der Waals surface area contributed by atoms with Gasteiger partial charge >= 0.3 is 60.3 Å². The molecule has 17 aromatic rings. The first-order valence-corrected chi connectivity index (χ1v) is 32.9. The number of aryl methyl sites for hydroxylation is 1. The molecule has 9 aromatic heterocycles. The van der Waals surface area contributed by atoms with E-state index in [4.69, 9.17) is 4.99 Å². The predicted octanol–water partition coefficient (Wildman–Crippen LogP) is 16.2. The Morgan fingerprint density at radius 1 is 0.404 bits per heavy atom. The standard InChI is InChI=1S/C21H13N4.2C16H9N4.3C10H10N2.3Ir/c1-25-17-7-3-2-5-12(17)15-9-16-14(10-18(15)25)13-6-4-8-22-19(13)21-20(16)23-11-24-21;1-2-6-11-9(4-1)12-13(20-11)10-5-3-7-17-14(10)16-15(12)18-8-19-16;1-2-5-11-10(4-1)8-20-12-6-3-7-17-13(12)14-15(16(11)20)19-9-18-14;3*1-11-7-8-12(9-11)10-5-3-2-4-6-10;;;/h2-11H,1H3;2*1-9H;3*2-5,7-9H,1H3;;;/q3*-1;3*-2;3*+3. The van der Waals surface area contributed by atoms with Crippen LogP contribution >= 0.6 is 0 Å². The number of pyridine rings is 4. The number of fused-ring (bicyclic) bond motifs is 25. The quantitative estimate of drug-likeness (QED) is 0.121. The Balaban J connectivity index is 0.000000107. The van der Waals surface area contributed by atoms with E-state index in [2.05, 4.69) is 182 Å². The molecular formula is C83H61Ir3N18. The molecule has 0 fully saturated rings. The summed E-state index contributed by atoms with van der Waals surface area (Å²) >= 11 is 0. The van der Waals surface area contributed by atoms with Crippen LogP contribution in [-0.4, -0.2) is 80.4 Å². The fourth-order valence-corrected chi connectivity index (χ4v) is 13.6. The number of anilines is 3. The molecule has 0 spiro atoms. The monoisotopic (exact) mass is 1890 g/mol. The van der Waals surface area contributed by atoms with Crippen molar-refractivity contribution < 1.29 is 60.3 Å². The third kappa shape index (κ3) is 13.1. The third-order valence-corrected chi connectivity index (χ3v) is 18.2. The topological polar surface area (TPSA) is 161 Å². The summed E-state index contributed by atoms with van der Waals surface area (Å²) in [6, 6.07) is 66.7. The fraction of sp³-hybridized carbons (Fsp3) is 0.0602. The second-order valence-electron chi connectivity index (χ2n) is 24.5. The van der Waals surface area contributed by atoms with Crippen LogP contribution in [0.15, 0.2) is 280 Å². The van der Waals surface area contributed by atoms with Crippen molar-refractivity contribution in [3.63, 3.8) is 0 Å². The van der Waals surface area contributed by atoms with Crippen LogP contribution in [0.3, 0.4) is 0 Å². The van der Waals surface area contributed by atoms with E-state index in [9.17, 15) is 0 Å². The minimum atomic E-state index is 0. The van der Waals surface area contributed by atoms with Gasteiger partial charge in [-0.2, -0.15) is 111 Å². The number of aliphatic imine (C=N–C) groups is 1. The minimum absolute atomic E-state index is 0. The summed E-state index contributed by atoms with van der Waals surface area (Å²) in [6.07, 6.45) is 32.7. The maximum absolute atomic E-state index is 4.80. The second-order valence-corrected chi connectivity index (χ2v) is 24.5. The zero-order chi connectivity index (χ0) is 67.9. The molecule has 1 aliphatic carbocycles. The van der Waals surface area contributed by atoms with Crippen LogP contribution in [0.5, 0.6) is 0 Å². The van der Waals surface area contributed by atoms with Gasteiger partial charge in [0, 0.05) is 81.1 Å². The van der Waals surface area contributed by atoms with E-state index < -0.39 is 0 Å². The van der Waals surface area contributed by atoms with Crippen LogP contribution in [0.4, 0.5) is 22.7 Å². The molecule has 0 amide bonds. The van der Waals surface area contributed by atoms with Crippen LogP contribution in [0.2, 0.25) is 0 Å². The van der Waals surface area contributed by atoms with E-state index in [1.165, 1.54) is 38.0 Å². The number of imidazole rings is 3. The number of benzene rings is 8. The van der Waals surface area contributed by atoms with Gasteiger partial charge in [-0.3, -0.25) is 19.9 Å². The fourth-order valence-electron chi connectivity index (χ4n) is 13.6. The molecule has 18 nitrogen and oxygen atoms in total. The van der Waals surface area contributed by atoms with E-state index in [0.29, 0.717) is 0 Å². The maximum Gasteiger partial charge on any atom is 3.00 e. The summed E-state index contributed by atoms with van der Waals surface area (Å²) in [7, 11) is 8.12. The van der Waals surface area contributed by atoms with Crippen molar-refractivity contribution in [1.29, 1.82) is 0 Å². The molecule has 0 radical (unpaired) electrons. The van der Waals surface area contributed by atoms with Crippen molar-refractivity contribution in [1.82, 2.24) is 68.5 Å².